The molecule has 0 aliphatic heterocycles. The van der Waals surface area contributed by atoms with Crippen LogP contribution in [0, 0.1) is 0 Å². The van der Waals surface area contributed by atoms with Crippen LogP contribution in [0.15, 0.2) is 70.1 Å². The number of hydrogen-bond donors (Lipinski definition) is 3. The second-order valence-corrected chi connectivity index (χ2v) is 8.41. The molecule has 180 valence electrons. The lowest BCUT2D eigenvalue weighted by molar-refractivity contribution is 0.0696. The minimum absolute atomic E-state index is 0.0936. The number of H-pyrrole nitrogens is 1. The molecule has 4 rings (SSSR count). The number of aromatic hydroxyl groups is 1. The molecular weight excluding hydrogens is 448 g/mol. The van der Waals surface area contributed by atoms with E-state index in [4.69, 9.17) is 4.42 Å². The van der Waals surface area contributed by atoms with E-state index < -0.39 is 5.97 Å². The Hall–Kier alpha value is -4.37. The quantitative estimate of drug-likeness (QED) is 0.332. The molecule has 9 heteroatoms. The molecule has 35 heavy (non-hydrogen) atoms. The Morgan fingerprint density at radius 2 is 1.71 bits per heavy atom. The summed E-state index contributed by atoms with van der Waals surface area (Å²) in [7, 11) is 5.58. The minimum Gasteiger partial charge on any atom is -0.494 e. The number of fused-ring (bicyclic) bond motifs is 1. The number of aromatic amines is 1. The highest BCUT2D eigenvalue weighted by atomic mass is 16.4. The zero-order chi connectivity index (χ0) is 25.1. The van der Waals surface area contributed by atoms with Gasteiger partial charge in [-0.15, -0.1) is 0 Å². The molecule has 2 heterocycles. The Kier molecular flexibility index (Phi) is 6.70. The molecule has 9 nitrogen and oxygen atoms in total. The number of carbonyl (C=O) groups excluding carboxylic acids is 1. The number of carboxylic acids is 1. The molecule has 0 radical (unpaired) electrons. The van der Waals surface area contributed by atoms with E-state index in [1.165, 1.54) is 12.1 Å². The van der Waals surface area contributed by atoms with Gasteiger partial charge in [0, 0.05) is 42.7 Å². The number of carboxylic acid groups (broad SMARTS) is 1. The molecule has 3 N–H and O–H groups in total. The van der Waals surface area contributed by atoms with Crippen LogP contribution in [0.25, 0.3) is 10.9 Å². The molecule has 0 aliphatic carbocycles. The summed E-state index contributed by atoms with van der Waals surface area (Å²) in [5.41, 5.74) is 2.07. The van der Waals surface area contributed by atoms with E-state index in [9.17, 15) is 19.8 Å². The minimum atomic E-state index is -1.07. The van der Waals surface area contributed by atoms with Gasteiger partial charge < -0.3 is 29.4 Å². The fourth-order valence-electron chi connectivity index (χ4n) is 3.67. The first-order chi connectivity index (χ1) is 16.7. The summed E-state index contributed by atoms with van der Waals surface area (Å²) in [6, 6.07) is 17.0. The highest BCUT2D eigenvalue weighted by Crippen LogP contribution is 2.32. The first-order valence-electron chi connectivity index (χ1n) is 11.0. The number of aromatic carboxylic acids is 1. The summed E-state index contributed by atoms with van der Waals surface area (Å²) in [6.07, 6.45) is 0. The van der Waals surface area contributed by atoms with E-state index in [-0.39, 0.29) is 29.0 Å². The molecule has 0 bridgehead atoms. The van der Waals surface area contributed by atoms with E-state index in [1.54, 1.807) is 30.1 Å². The Morgan fingerprint density at radius 3 is 2.40 bits per heavy atom. The molecule has 0 spiro atoms. The van der Waals surface area contributed by atoms with Gasteiger partial charge in [0.25, 0.3) is 5.91 Å². The molecule has 0 atom stereocenters. The third kappa shape index (κ3) is 5.10. The van der Waals surface area contributed by atoms with Gasteiger partial charge in [0.1, 0.15) is 0 Å². The Balaban J connectivity index is 1.76. The van der Waals surface area contributed by atoms with Crippen molar-refractivity contribution >= 4 is 34.4 Å². The number of nitrogens with zero attached hydrogens (tertiary/aromatic N) is 3. The van der Waals surface area contributed by atoms with Crippen LogP contribution in [0.5, 0.6) is 5.88 Å². The highest BCUT2D eigenvalue weighted by molar-refractivity contribution is 6.22. The highest BCUT2D eigenvalue weighted by Gasteiger charge is 2.21. The summed E-state index contributed by atoms with van der Waals surface area (Å²) in [5.74, 6) is -1.12. The molecule has 0 saturated heterocycles. The number of benzene rings is 2. The smallest absolute Gasteiger partial charge is 0.335 e. The van der Waals surface area contributed by atoms with Gasteiger partial charge in [0.15, 0.2) is 11.6 Å². The number of amides is 1. The van der Waals surface area contributed by atoms with Crippen LogP contribution in [0.2, 0.25) is 0 Å². The van der Waals surface area contributed by atoms with Crippen molar-refractivity contribution in [2.75, 3.05) is 34.2 Å². The van der Waals surface area contributed by atoms with Crippen LogP contribution >= 0.6 is 0 Å². The van der Waals surface area contributed by atoms with Crippen LogP contribution < -0.4 is 0 Å². The van der Waals surface area contributed by atoms with Gasteiger partial charge in [-0.25, -0.2) is 9.79 Å². The molecule has 1 amide bonds. The molecular formula is C26H26N4O5. The van der Waals surface area contributed by atoms with Crippen LogP contribution in [0.3, 0.4) is 0 Å². The summed E-state index contributed by atoms with van der Waals surface area (Å²) in [6.45, 7) is 1.26. The van der Waals surface area contributed by atoms with Gasteiger partial charge in [-0.1, -0.05) is 36.4 Å². The maximum atomic E-state index is 12.7. The van der Waals surface area contributed by atoms with Crippen molar-refractivity contribution in [3.05, 3.63) is 83.1 Å². The fourth-order valence-corrected chi connectivity index (χ4v) is 3.67. The zero-order valence-electron chi connectivity index (χ0n) is 19.6. The normalized spacial score (nSPS) is 11.8. The van der Waals surface area contributed by atoms with Gasteiger partial charge in [0.2, 0.25) is 5.88 Å². The first kappa shape index (κ1) is 23.8. The van der Waals surface area contributed by atoms with E-state index in [2.05, 4.69) is 9.98 Å². The van der Waals surface area contributed by atoms with Gasteiger partial charge in [-0.05, 0) is 32.3 Å². The SMILES string of the molecule is CN(C)CCN(C)C(=O)c1ccc(N=C(c2ccccc2)c2c(O)[nH]c3cc(C(=O)O)ccc23)o1. The number of nitrogens with one attached hydrogen (secondary N) is 1. The predicted octanol–water partition coefficient (Wildman–Crippen LogP) is 3.97. The van der Waals surface area contributed by atoms with Crippen LogP contribution in [0.1, 0.15) is 32.0 Å². The third-order valence-electron chi connectivity index (χ3n) is 5.56. The van der Waals surface area contributed by atoms with Crippen LogP contribution in [-0.4, -0.2) is 76.8 Å². The lowest BCUT2D eigenvalue weighted by Crippen LogP contribution is -2.33. The molecule has 2 aromatic carbocycles. The van der Waals surface area contributed by atoms with Gasteiger partial charge in [0.05, 0.1) is 16.8 Å². The van der Waals surface area contributed by atoms with Crippen molar-refractivity contribution < 1.29 is 24.2 Å². The maximum absolute atomic E-state index is 12.7. The standard InChI is InChI=1S/C26H26N4O5/c1-29(2)13-14-30(3)25(32)20-11-12-21(35-20)28-23(16-7-5-4-6-8-16)22-18-10-9-17(26(33)34)15-19(18)27-24(22)31/h4-12,15,27,31H,13-14H2,1-3H3,(H,33,34). The lowest BCUT2D eigenvalue weighted by atomic mass is 10.0. The number of hydrogen-bond acceptors (Lipinski definition) is 6. The van der Waals surface area contributed by atoms with Crippen LogP contribution in [-0.2, 0) is 0 Å². The van der Waals surface area contributed by atoms with Crippen molar-refractivity contribution in [1.29, 1.82) is 0 Å². The third-order valence-corrected chi connectivity index (χ3v) is 5.56. The zero-order valence-corrected chi connectivity index (χ0v) is 19.6. The topological polar surface area (TPSA) is 122 Å². The number of carbonyl (C=O) groups is 2. The molecule has 2 aromatic heterocycles. The summed E-state index contributed by atoms with van der Waals surface area (Å²) < 4.78 is 5.76. The largest absolute Gasteiger partial charge is 0.494 e. The number of aromatic nitrogens is 1. The van der Waals surface area contributed by atoms with Crippen molar-refractivity contribution in [2.24, 2.45) is 4.99 Å². The summed E-state index contributed by atoms with van der Waals surface area (Å²) in [4.78, 5) is 35.2. The second kappa shape index (κ2) is 9.86. The number of furan rings is 1. The Bertz CT molecular complexity index is 1400. The molecule has 0 fully saturated rings. The average molecular weight is 475 g/mol. The molecule has 0 aliphatic rings. The van der Waals surface area contributed by atoms with Crippen molar-refractivity contribution in [3.63, 3.8) is 0 Å². The van der Waals surface area contributed by atoms with Gasteiger partial charge in [-0.3, -0.25) is 4.79 Å². The number of aliphatic imine (C=N–C) groups is 1. The number of rotatable bonds is 8. The second-order valence-electron chi connectivity index (χ2n) is 8.41. The summed E-state index contributed by atoms with van der Waals surface area (Å²) in [5, 5.41) is 20.7. The average Bonchev–Trinajstić information content (AvgIpc) is 3.44. The van der Waals surface area contributed by atoms with E-state index >= 15 is 0 Å². The van der Waals surface area contributed by atoms with E-state index in [0.717, 1.165) is 6.54 Å². The molecule has 4 aromatic rings. The van der Waals surface area contributed by atoms with Crippen molar-refractivity contribution in [3.8, 4) is 5.88 Å². The van der Waals surface area contributed by atoms with Gasteiger partial charge >= 0.3 is 5.97 Å². The maximum Gasteiger partial charge on any atom is 0.335 e. The monoisotopic (exact) mass is 474 g/mol. The van der Waals surface area contributed by atoms with Crippen molar-refractivity contribution in [1.82, 2.24) is 14.8 Å². The van der Waals surface area contributed by atoms with E-state index in [0.29, 0.717) is 34.3 Å². The van der Waals surface area contributed by atoms with Crippen LogP contribution in [0.4, 0.5) is 5.88 Å². The molecule has 0 unspecified atom stereocenters. The first-order valence-corrected chi connectivity index (χ1v) is 11.0. The Labute approximate surface area is 201 Å². The molecule has 0 saturated carbocycles. The number of likely N-dealkylation sites (N-methyl/N-ethyl adjacent to an activating group) is 2. The Morgan fingerprint density at radius 1 is 0.971 bits per heavy atom. The summed E-state index contributed by atoms with van der Waals surface area (Å²) >= 11 is 0. The van der Waals surface area contributed by atoms with Crippen molar-refractivity contribution in [2.45, 2.75) is 0 Å². The fraction of sp³-hybridized carbons (Fsp3) is 0.192. The van der Waals surface area contributed by atoms with E-state index in [1.807, 2.05) is 49.3 Å². The van der Waals surface area contributed by atoms with Gasteiger partial charge in [-0.2, -0.15) is 0 Å². The predicted molar refractivity (Wildman–Crippen MR) is 133 cm³/mol. The lowest BCUT2D eigenvalue weighted by Gasteiger charge is -2.18.